The minimum absolute atomic E-state index is 0.0359. The van der Waals surface area contributed by atoms with Gasteiger partial charge >= 0.3 is 0 Å². The Morgan fingerprint density at radius 2 is 1.52 bits per heavy atom. The van der Waals surface area contributed by atoms with Crippen molar-refractivity contribution in [3.8, 4) is 0 Å². The zero-order valence-corrected chi connectivity index (χ0v) is 14.5. The summed E-state index contributed by atoms with van der Waals surface area (Å²) in [6.45, 7) is 5.57. The number of aromatic nitrogens is 1. The van der Waals surface area contributed by atoms with E-state index in [-0.39, 0.29) is 17.7 Å². The monoisotopic (exact) mass is 335 g/mol. The lowest BCUT2D eigenvalue weighted by atomic mass is 10.1. The van der Waals surface area contributed by atoms with E-state index in [2.05, 4.69) is 15.6 Å². The maximum Gasteiger partial charge on any atom is 0.258 e. The highest BCUT2D eigenvalue weighted by Gasteiger charge is 2.16. The molecule has 0 atom stereocenters. The fraction of sp³-hybridized carbons (Fsp3) is 0.200. The van der Waals surface area contributed by atoms with Gasteiger partial charge in [-0.25, -0.2) is 0 Å². The number of anilines is 2. The lowest BCUT2D eigenvalue weighted by Crippen LogP contribution is -2.17. The standard InChI is InChI=1S/C20H21N3O2/c1-12(2)19(24)22-14-8-10-15(11-9-14)23-20(25)18-13(3)21-17-7-5-4-6-16(17)18/h4-12,21H,1-3H3,(H,22,24)(H,23,25). The second-order valence-electron chi connectivity index (χ2n) is 6.35. The van der Waals surface area contributed by atoms with E-state index in [1.165, 1.54) is 0 Å². The third-order valence-corrected chi connectivity index (χ3v) is 4.06. The van der Waals surface area contributed by atoms with Crippen molar-refractivity contribution in [2.24, 2.45) is 5.92 Å². The summed E-state index contributed by atoms with van der Waals surface area (Å²) < 4.78 is 0. The number of hydrogen-bond acceptors (Lipinski definition) is 2. The largest absolute Gasteiger partial charge is 0.358 e. The molecule has 0 fully saturated rings. The summed E-state index contributed by atoms with van der Waals surface area (Å²) >= 11 is 0. The van der Waals surface area contributed by atoms with Gasteiger partial charge in [-0.2, -0.15) is 0 Å². The van der Waals surface area contributed by atoms with Gasteiger partial charge in [-0.3, -0.25) is 9.59 Å². The first-order valence-corrected chi connectivity index (χ1v) is 8.25. The molecule has 3 aromatic rings. The number of fused-ring (bicyclic) bond motifs is 1. The van der Waals surface area contributed by atoms with Gasteiger partial charge in [-0.05, 0) is 37.3 Å². The van der Waals surface area contributed by atoms with E-state index in [0.717, 1.165) is 16.6 Å². The van der Waals surface area contributed by atoms with Gasteiger partial charge in [-0.1, -0.05) is 32.0 Å². The van der Waals surface area contributed by atoms with Crippen LogP contribution in [0.4, 0.5) is 11.4 Å². The fourth-order valence-electron chi connectivity index (χ4n) is 2.69. The van der Waals surface area contributed by atoms with Crippen molar-refractivity contribution in [1.29, 1.82) is 0 Å². The van der Waals surface area contributed by atoms with Crippen molar-refractivity contribution < 1.29 is 9.59 Å². The highest BCUT2D eigenvalue weighted by Crippen LogP contribution is 2.23. The van der Waals surface area contributed by atoms with Gasteiger partial charge in [0.1, 0.15) is 0 Å². The highest BCUT2D eigenvalue weighted by molar-refractivity contribution is 6.14. The zero-order valence-electron chi connectivity index (χ0n) is 14.5. The number of carbonyl (C=O) groups excluding carboxylic acids is 2. The summed E-state index contributed by atoms with van der Waals surface area (Å²) in [6.07, 6.45) is 0. The van der Waals surface area contributed by atoms with Gasteiger partial charge in [-0.15, -0.1) is 0 Å². The molecule has 5 heteroatoms. The molecule has 0 spiro atoms. The molecule has 0 saturated heterocycles. The van der Waals surface area contributed by atoms with Gasteiger partial charge in [0.25, 0.3) is 5.91 Å². The number of benzene rings is 2. The second-order valence-corrected chi connectivity index (χ2v) is 6.35. The third kappa shape index (κ3) is 3.55. The normalized spacial score (nSPS) is 10.9. The molecule has 3 N–H and O–H groups in total. The van der Waals surface area contributed by atoms with Crippen LogP contribution in [0.5, 0.6) is 0 Å². The molecule has 3 rings (SSSR count). The number of H-pyrrole nitrogens is 1. The maximum atomic E-state index is 12.7. The van der Waals surface area contributed by atoms with Crippen molar-refractivity contribution in [3.63, 3.8) is 0 Å². The van der Waals surface area contributed by atoms with Gasteiger partial charge < -0.3 is 15.6 Å². The Kier molecular flexibility index (Phi) is 4.57. The van der Waals surface area contributed by atoms with Crippen molar-refractivity contribution >= 4 is 34.1 Å². The zero-order chi connectivity index (χ0) is 18.0. The van der Waals surface area contributed by atoms with Crippen LogP contribution in [0.1, 0.15) is 29.9 Å². The third-order valence-electron chi connectivity index (χ3n) is 4.06. The van der Waals surface area contributed by atoms with Crippen molar-refractivity contribution in [2.75, 3.05) is 10.6 Å². The fourth-order valence-corrected chi connectivity index (χ4v) is 2.69. The van der Waals surface area contributed by atoms with Crippen LogP contribution >= 0.6 is 0 Å². The molecule has 0 aliphatic heterocycles. The van der Waals surface area contributed by atoms with Gasteiger partial charge in [0, 0.05) is 33.9 Å². The first-order valence-electron chi connectivity index (χ1n) is 8.25. The summed E-state index contributed by atoms with van der Waals surface area (Å²) in [6, 6.07) is 14.8. The van der Waals surface area contributed by atoms with Gasteiger partial charge in [0.2, 0.25) is 5.91 Å². The number of hydrogen-bond donors (Lipinski definition) is 3. The van der Waals surface area contributed by atoms with E-state index in [9.17, 15) is 9.59 Å². The lowest BCUT2D eigenvalue weighted by Gasteiger charge is -2.09. The summed E-state index contributed by atoms with van der Waals surface area (Å²) in [5.74, 6) is -0.274. The van der Waals surface area contributed by atoms with Crippen molar-refractivity contribution in [1.82, 2.24) is 4.98 Å². The number of amides is 2. The van der Waals surface area contributed by atoms with Crippen LogP contribution in [-0.4, -0.2) is 16.8 Å². The van der Waals surface area contributed by atoms with E-state index in [4.69, 9.17) is 0 Å². The number of rotatable bonds is 4. The van der Waals surface area contributed by atoms with Crippen LogP contribution < -0.4 is 10.6 Å². The Morgan fingerprint density at radius 3 is 2.16 bits per heavy atom. The van der Waals surface area contributed by atoms with E-state index in [1.54, 1.807) is 24.3 Å². The Hall–Kier alpha value is -3.08. The number of aryl methyl sites for hydroxylation is 1. The Morgan fingerprint density at radius 1 is 0.920 bits per heavy atom. The topological polar surface area (TPSA) is 74.0 Å². The molecule has 0 aliphatic rings. The molecule has 0 aliphatic carbocycles. The van der Waals surface area contributed by atoms with Gasteiger partial charge in [0.15, 0.2) is 0 Å². The number of carbonyl (C=O) groups is 2. The quantitative estimate of drug-likeness (QED) is 0.664. The van der Waals surface area contributed by atoms with Crippen LogP contribution in [0.2, 0.25) is 0 Å². The van der Waals surface area contributed by atoms with Crippen LogP contribution in [-0.2, 0) is 4.79 Å². The predicted molar refractivity (Wildman–Crippen MR) is 101 cm³/mol. The van der Waals surface area contributed by atoms with Crippen LogP contribution in [0.3, 0.4) is 0 Å². The highest BCUT2D eigenvalue weighted by atomic mass is 16.2. The van der Waals surface area contributed by atoms with Crippen molar-refractivity contribution in [2.45, 2.75) is 20.8 Å². The minimum Gasteiger partial charge on any atom is -0.358 e. The lowest BCUT2D eigenvalue weighted by molar-refractivity contribution is -0.118. The van der Waals surface area contributed by atoms with E-state index in [0.29, 0.717) is 16.9 Å². The smallest absolute Gasteiger partial charge is 0.258 e. The van der Waals surface area contributed by atoms with Crippen molar-refractivity contribution in [3.05, 3.63) is 59.8 Å². The molecular weight excluding hydrogens is 314 g/mol. The molecule has 5 nitrogen and oxygen atoms in total. The molecule has 0 unspecified atom stereocenters. The SMILES string of the molecule is Cc1[nH]c2ccccc2c1C(=O)Nc1ccc(NC(=O)C(C)C)cc1. The first kappa shape index (κ1) is 16.8. The molecule has 1 aromatic heterocycles. The Labute approximate surface area is 146 Å². The first-order chi connectivity index (χ1) is 12.0. The maximum absolute atomic E-state index is 12.7. The molecule has 0 saturated carbocycles. The van der Waals surface area contributed by atoms with E-state index >= 15 is 0 Å². The predicted octanol–water partition coefficient (Wildman–Crippen LogP) is 4.32. The van der Waals surface area contributed by atoms with Crippen LogP contribution in [0.15, 0.2) is 48.5 Å². The van der Waals surface area contributed by atoms with Gasteiger partial charge in [0.05, 0.1) is 5.56 Å². The summed E-state index contributed by atoms with van der Waals surface area (Å²) in [5, 5.41) is 6.64. The molecule has 1 heterocycles. The summed E-state index contributed by atoms with van der Waals surface area (Å²) in [5.41, 5.74) is 3.81. The molecule has 0 bridgehead atoms. The second kappa shape index (κ2) is 6.81. The average molecular weight is 335 g/mol. The average Bonchev–Trinajstić information content (AvgIpc) is 2.92. The number of nitrogens with one attached hydrogen (secondary N) is 3. The molecule has 2 aromatic carbocycles. The molecule has 128 valence electrons. The van der Waals surface area contributed by atoms with Crippen LogP contribution in [0, 0.1) is 12.8 Å². The molecular formula is C20H21N3O2. The van der Waals surface area contributed by atoms with E-state index < -0.39 is 0 Å². The number of para-hydroxylation sites is 1. The van der Waals surface area contributed by atoms with Crippen LogP contribution in [0.25, 0.3) is 10.9 Å². The summed E-state index contributed by atoms with van der Waals surface area (Å²) in [7, 11) is 0. The molecule has 0 radical (unpaired) electrons. The number of aromatic amines is 1. The Bertz CT molecular complexity index is 924. The Balaban J connectivity index is 1.77. The molecule has 2 amide bonds. The minimum atomic E-state index is -0.158. The van der Waals surface area contributed by atoms with E-state index in [1.807, 2.05) is 45.0 Å². The molecule has 25 heavy (non-hydrogen) atoms. The summed E-state index contributed by atoms with van der Waals surface area (Å²) in [4.78, 5) is 27.6.